The van der Waals surface area contributed by atoms with Gasteiger partial charge in [-0.3, -0.25) is 0 Å². The fourth-order valence-electron chi connectivity index (χ4n) is 2.18. The van der Waals surface area contributed by atoms with Gasteiger partial charge >= 0.3 is 0 Å². The molecular weight excluding hydrogens is 256 g/mol. The van der Waals surface area contributed by atoms with Crippen LogP contribution in [0.5, 0.6) is 0 Å². The number of nitrogens with two attached hydrogens (primary N) is 1. The lowest BCUT2D eigenvalue weighted by atomic mass is 10.1. The van der Waals surface area contributed by atoms with Crippen molar-refractivity contribution < 1.29 is 0 Å². The Balaban J connectivity index is 2.27. The molecule has 2 N–H and O–H groups in total. The maximum absolute atomic E-state index is 6.25. The molecule has 2 aromatic rings. The van der Waals surface area contributed by atoms with Crippen molar-refractivity contribution in [3.63, 3.8) is 0 Å². The molecule has 0 spiro atoms. The predicted octanol–water partition coefficient (Wildman–Crippen LogP) is 4.26. The number of aryl methyl sites for hydroxylation is 1. The molecule has 0 radical (unpaired) electrons. The number of anilines is 2. The number of hydrogen-bond acceptors (Lipinski definition) is 2. The molecule has 0 aliphatic carbocycles. The zero-order valence-electron chi connectivity index (χ0n) is 11.4. The molecule has 2 aromatic carbocycles. The van der Waals surface area contributed by atoms with Crippen LogP contribution in [0, 0.1) is 6.92 Å². The van der Waals surface area contributed by atoms with E-state index in [-0.39, 0.29) is 0 Å². The van der Waals surface area contributed by atoms with Crippen molar-refractivity contribution in [2.24, 2.45) is 0 Å². The Morgan fingerprint density at radius 1 is 1.16 bits per heavy atom. The monoisotopic (exact) mass is 274 g/mol. The molecule has 19 heavy (non-hydrogen) atoms. The third-order valence-corrected chi connectivity index (χ3v) is 3.63. The molecule has 0 saturated heterocycles. The van der Waals surface area contributed by atoms with Crippen molar-refractivity contribution >= 4 is 23.0 Å². The van der Waals surface area contributed by atoms with E-state index in [0.29, 0.717) is 5.69 Å². The zero-order valence-corrected chi connectivity index (χ0v) is 12.1. The van der Waals surface area contributed by atoms with Gasteiger partial charge in [0.1, 0.15) is 0 Å². The Bertz CT molecular complexity index is 566. The first-order valence-electron chi connectivity index (χ1n) is 6.46. The lowest BCUT2D eigenvalue weighted by Crippen LogP contribution is -2.23. The number of halogens is 1. The number of rotatable bonds is 4. The van der Waals surface area contributed by atoms with Crippen LogP contribution >= 0.6 is 11.6 Å². The Morgan fingerprint density at radius 3 is 2.53 bits per heavy atom. The number of nitrogens with zero attached hydrogens (tertiary/aromatic N) is 1. The molecule has 100 valence electrons. The number of para-hydroxylation sites is 1. The highest BCUT2D eigenvalue weighted by Gasteiger charge is 2.09. The van der Waals surface area contributed by atoms with E-state index in [4.69, 9.17) is 17.3 Å². The van der Waals surface area contributed by atoms with Crippen molar-refractivity contribution in [3.8, 4) is 0 Å². The third-order valence-electron chi connectivity index (χ3n) is 3.28. The molecule has 0 aromatic heterocycles. The first-order chi connectivity index (χ1) is 9.11. The van der Waals surface area contributed by atoms with Crippen molar-refractivity contribution in [2.45, 2.75) is 20.4 Å². The van der Waals surface area contributed by atoms with Gasteiger partial charge in [-0.1, -0.05) is 35.9 Å². The van der Waals surface area contributed by atoms with Gasteiger partial charge < -0.3 is 10.6 Å². The summed E-state index contributed by atoms with van der Waals surface area (Å²) >= 11 is 6.25. The molecule has 0 aliphatic heterocycles. The summed E-state index contributed by atoms with van der Waals surface area (Å²) in [4.78, 5) is 2.31. The number of benzene rings is 2. The SMILES string of the molecule is CCN(Cc1ccc(N)cc1Cl)c1ccccc1C. The fourth-order valence-corrected chi connectivity index (χ4v) is 2.43. The van der Waals surface area contributed by atoms with Gasteiger partial charge in [-0.25, -0.2) is 0 Å². The highest BCUT2D eigenvalue weighted by Crippen LogP contribution is 2.25. The van der Waals surface area contributed by atoms with Crippen LogP contribution in [0.4, 0.5) is 11.4 Å². The van der Waals surface area contributed by atoms with E-state index in [9.17, 15) is 0 Å². The second-order valence-electron chi connectivity index (χ2n) is 4.65. The summed E-state index contributed by atoms with van der Waals surface area (Å²) < 4.78 is 0. The molecule has 2 nitrogen and oxygen atoms in total. The minimum atomic E-state index is 0.702. The Kier molecular flexibility index (Phi) is 4.33. The van der Waals surface area contributed by atoms with E-state index in [2.05, 4.69) is 43.0 Å². The summed E-state index contributed by atoms with van der Waals surface area (Å²) in [7, 11) is 0. The molecule has 2 rings (SSSR count). The van der Waals surface area contributed by atoms with Gasteiger partial charge in [-0.2, -0.15) is 0 Å². The van der Waals surface area contributed by atoms with Gasteiger partial charge in [0.05, 0.1) is 0 Å². The van der Waals surface area contributed by atoms with E-state index in [0.717, 1.165) is 23.7 Å². The lowest BCUT2D eigenvalue weighted by molar-refractivity contribution is 0.828. The van der Waals surface area contributed by atoms with Gasteiger partial charge in [-0.05, 0) is 43.2 Å². The number of hydrogen-bond donors (Lipinski definition) is 1. The molecule has 0 bridgehead atoms. The van der Waals surface area contributed by atoms with Crippen LogP contribution in [0.3, 0.4) is 0 Å². The van der Waals surface area contributed by atoms with Gasteiger partial charge in [0.2, 0.25) is 0 Å². The fraction of sp³-hybridized carbons (Fsp3) is 0.250. The standard InChI is InChI=1S/C16H19ClN2/c1-3-19(16-7-5-4-6-12(16)2)11-13-8-9-14(18)10-15(13)17/h4-10H,3,11,18H2,1-2H3. The molecule has 0 atom stereocenters. The smallest absolute Gasteiger partial charge is 0.0476 e. The average Bonchev–Trinajstić information content (AvgIpc) is 2.39. The van der Waals surface area contributed by atoms with Gasteiger partial charge in [0, 0.05) is 29.5 Å². The van der Waals surface area contributed by atoms with Gasteiger partial charge in [0.25, 0.3) is 0 Å². The molecule has 0 fully saturated rings. The molecule has 3 heteroatoms. The summed E-state index contributed by atoms with van der Waals surface area (Å²) in [6.07, 6.45) is 0. The van der Waals surface area contributed by atoms with Crippen LogP contribution in [0.2, 0.25) is 5.02 Å². The first kappa shape index (κ1) is 13.8. The van der Waals surface area contributed by atoms with E-state index < -0.39 is 0 Å². The normalized spacial score (nSPS) is 10.5. The minimum absolute atomic E-state index is 0.702. The van der Waals surface area contributed by atoms with Crippen molar-refractivity contribution in [1.29, 1.82) is 0 Å². The summed E-state index contributed by atoms with van der Waals surface area (Å²) in [5, 5.41) is 0.729. The maximum Gasteiger partial charge on any atom is 0.0476 e. The Morgan fingerprint density at radius 2 is 1.89 bits per heavy atom. The number of nitrogen functional groups attached to an aromatic ring is 1. The first-order valence-corrected chi connectivity index (χ1v) is 6.84. The van der Waals surface area contributed by atoms with Crippen LogP contribution < -0.4 is 10.6 Å². The van der Waals surface area contributed by atoms with E-state index in [1.807, 2.05) is 18.2 Å². The average molecular weight is 275 g/mol. The van der Waals surface area contributed by atoms with E-state index >= 15 is 0 Å². The summed E-state index contributed by atoms with van der Waals surface area (Å²) in [5.74, 6) is 0. The Labute approximate surface area is 119 Å². The third kappa shape index (κ3) is 3.21. The maximum atomic E-state index is 6.25. The summed E-state index contributed by atoms with van der Waals surface area (Å²) in [6.45, 7) is 6.01. The Hall–Kier alpha value is -1.67. The van der Waals surface area contributed by atoms with Crippen LogP contribution in [0.1, 0.15) is 18.1 Å². The summed E-state index contributed by atoms with van der Waals surface area (Å²) in [5.41, 5.74) is 10.0. The largest absolute Gasteiger partial charge is 0.399 e. The lowest BCUT2D eigenvalue weighted by Gasteiger charge is -2.25. The van der Waals surface area contributed by atoms with Gasteiger partial charge in [-0.15, -0.1) is 0 Å². The van der Waals surface area contributed by atoms with Gasteiger partial charge in [0.15, 0.2) is 0 Å². The molecule has 0 unspecified atom stereocenters. The van der Waals surface area contributed by atoms with Crippen LogP contribution in [0.25, 0.3) is 0 Å². The topological polar surface area (TPSA) is 29.3 Å². The zero-order chi connectivity index (χ0) is 13.8. The second kappa shape index (κ2) is 5.98. The van der Waals surface area contributed by atoms with Crippen LogP contribution in [-0.4, -0.2) is 6.54 Å². The highest BCUT2D eigenvalue weighted by atomic mass is 35.5. The van der Waals surface area contributed by atoms with Crippen LogP contribution in [0.15, 0.2) is 42.5 Å². The quantitative estimate of drug-likeness (QED) is 0.844. The van der Waals surface area contributed by atoms with E-state index in [1.54, 1.807) is 0 Å². The van der Waals surface area contributed by atoms with Crippen molar-refractivity contribution in [2.75, 3.05) is 17.2 Å². The molecule has 0 heterocycles. The minimum Gasteiger partial charge on any atom is -0.399 e. The predicted molar refractivity (Wildman–Crippen MR) is 83.8 cm³/mol. The highest BCUT2D eigenvalue weighted by molar-refractivity contribution is 6.31. The molecule has 0 saturated carbocycles. The van der Waals surface area contributed by atoms with Crippen LogP contribution in [-0.2, 0) is 6.54 Å². The van der Waals surface area contributed by atoms with E-state index in [1.165, 1.54) is 11.3 Å². The molecule has 0 amide bonds. The molecular formula is C16H19ClN2. The molecule has 0 aliphatic rings. The van der Waals surface area contributed by atoms with Crippen molar-refractivity contribution in [3.05, 3.63) is 58.6 Å². The second-order valence-corrected chi connectivity index (χ2v) is 5.06. The van der Waals surface area contributed by atoms with Crippen molar-refractivity contribution in [1.82, 2.24) is 0 Å². The summed E-state index contributed by atoms with van der Waals surface area (Å²) in [6, 6.07) is 14.1.